The van der Waals surface area contributed by atoms with Gasteiger partial charge in [0.2, 0.25) is 5.91 Å². The van der Waals surface area contributed by atoms with Gasteiger partial charge in [0.05, 0.1) is 11.0 Å². The van der Waals surface area contributed by atoms with Crippen LogP contribution in [0, 0.1) is 6.92 Å². The molecule has 0 atom stereocenters. The summed E-state index contributed by atoms with van der Waals surface area (Å²) in [5.74, 6) is 0.885. The number of aryl methyl sites for hydroxylation is 1. The summed E-state index contributed by atoms with van der Waals surface area (Å²) in [5, 5.41) is 2.40. The van der Waals surface area contributed by atoms with Crippen molar-refractivity contribution in [3.63, 3.8) is 0 Å². The van der Waals surface area contributed by atoms with Gasteiger partial charge < -0.3 is 16.0 Å². The third-order valence-electron chi connectivity index (χ3n) is 2.53. The summed E-state index contributed by atoms with van der Waals surface area (Å²) in [6.07, 6.45) is 2.40. The number of nitrogens with one attached hydrogen (secondary N) is 2. The number of hydrogen-bond donors (Lipinski definition) is 3. The van der Waals surface area contributed by atoms with Gasteiger partial charge in [-0.3, -0.25) is 4.79 Å². The molecule has 0 aliphatic heterocycles. The van der Waals surface area contributed by atoms with Gasteiger partial charge in [-0.05, 0) is 37.7 Å². The average molecular weight is 292 g/mol. The number of aromatic amines is 1. The summed E-state index contributed by atoms with van der Waals surface area (Å²) < 4.78 is 0. The summed E-state index contributed by atoms with van der Waals surface area (Å²) in [6, 6.07) is 8.01. The zero-order valence-electron chi connectivity index (χ0n) is 11.8. The maximum Gasteiger partial charge on any atom is 0.226 e. The molecular formula is C14H20N4OS. The lowest BCUT2D eigenvalue weighted by Crippen LogP contribution is -2.34. The Balaban J connectivity index is 0.000000200. The van der Waals surface area contributed by atoms with Gasteiger partial charge in [0.25, 0.3) is 0 Å². The highest BCUT2D eigenvalue weighted by molar-refractivity contribution is 7.80. The van der Waals surface area contributed by atoms with Crippen molar-refractivity contribution >= 4 is 34.3 Å². The Morgan fingerprint density at radius 2 is 2.15 bits per heavy atom. The molecule has 1 aromatic carbocycles. The Hall–Kier alpha value is -1.95. The normalized spacial score (nSPS) is 9.70. The number of hydrogen-bond acceptors (Lipinski definition) is 3. The minimum Gasteiger partial charge on any atom is -0.376 e. The molecule has 1 amide bonds. The first-order valence-corrected chi connectivity index (χ1v) is 6.94. The second kappa shape index (κ2) is 8.27. The van der Waals surface area contributed by atoms with E-state index in [4.69, 9.17) is 5.73 Å². The van der Waals surface area contributed by atoms with Gasteiger partial charge in [-0.2, -0.15) is 0 Å². The van der Waals surface area contributed by atoms with E-state index in [-0.39, 0.29) is 11.0 Å². The Morgan fingerprint density at radius 1 is 1.45 bits per heavy atom. The summed E-state index contributed by atoms with van der Waals surface area (Å²) >= 11 is 4.47. The van der Waals surface area contributed by atoms with Gasteiger partial charge in [0.15, 0.2) is 5.11 Å². The van der Waals surface area contributed by atoms with Crippen LogP contribution in [0.4, 0.5) is 0 Å². The van der Waals surface area contributed by atoms with Crippen molar-refractivity contribution in [3.05, 3.63) is 30.1 Å². The summed E-state index contributed by atoms with van der Waals surface area (Å²) in [5.41, 5.74) is 7.22. The second-order valence-electron chi connectivity index (χ2n) is 4.36. The number of thiocarbonyl (C=S) groups is 1. The molecule has 0 spiro atoms. The number of fused-ring (bicyclic) bond motifs is 1. The number of nitrogens with two attached hydrogens (primary N) is 1. The fourth-order valence-electron chi connectivity index (χ4n) is 1.62. The number of unbranched alkanes of at least 4 members (excludes halogenated alkanes) is 1. The predicted octanol–water partition coefficient (Wildman–Crippen LogP) is 2.41. The van der Waals surface area contributed by atoms with Crippen molar-refractivity contribution in [2.75, 3.05) is 0 Å². The van der Waals surface area contributed by atoms with Crippen LogP contribution in [0.15, 0.2) is 24.3 Å². The molecule has 4 N–H and O–H groups in total. The van der Waals surface area contributed by atoms with E-state index in [1.807, 2.05) is 38.1 Å². The Labute approximate surface area is 124 Å². The van der Waals surface area contributed by atoms with Gasteiger partial charge in [0.1, 0.15) is 5.82 Å². The number of imidazole rings is 1. The first-order valence-electron chi connectivity index (χ1n) is 6.53. The topological polar surface area (TPSA) is 83.8 Å². The first kappa shape index (κ1) is 16.1. The molecule has 0 aliphatic carbocycles. The first-order chi connectivity index (χ1) is 9.52. The molecule has 0 unspecified atom stereocenters. The fraction of sp³-hybridized carbons (Fsp3) is 0.357. The molecule has 108 valence electrons. The quantitative estimate of drug-likeness (QED) is 0.759. The van der Waals surface area contributed by atoms with Crippen LogP contribution in [0.5, 0.6) is 0 Å². The lowest BCUT2D eigenvalue weighted by molar-refractivity contribution is -0.119. The molecule has 5 nitrogen and oxygen atoms in total. The molecule has 0 saturated carbocycles. The SMILES string of the molecule is CCCCC(=O)NC(N)=S.Cc1nc2ccccc2[nH]1. The molecule has 0 radical (unpaired) electrons. The molecule has 0 bridgehead atoms. The Kier molecular flexibility index (Phi) is 6.66. The van der Waals surface area contributed by atoms with Crippen molar-refractivity contribution in [2.24, 2.45) is 5.73 Å². The van der Waals surface area contributed by atoms with E-state index in [1.165, 1.54) is 0 Å². The van der Waals surface area contributed by atoms with Gasteiger partial charge in [0, 0.05) is 6.42 Å². The highest BCUT2D eigenvalue weighted by atomic mass is 32.1. The van der Waals surface area contributed by atoms with Gasteiger partial charge in [-0.15, -0.1) is 0 Å². The highest BCUT2D eigenvalue weighted by Gasteiger charge is 1.98. The van der Waals surface area contributed by atoms with E-state index >= 15 is 0 Å². The smallest absolute Gasteiger partial charge is 0.226 e. The minimum absolute atomic E-state index is 0.0566. The molecule has 2 rings (SSSR count). The van der Waals surface area contributed by atoms with Crippen molar-refractivity contribution in [1.29, 1.82) is 0 Å². The number of carbonyl (C=O) groups excluding carboxylic acids is 1. The molecule has 2 aromatic rings. The number of H-pyrrole nitrogens is 1. The maximum absolute atomic E-state index is 10.7. The fourth-order valence-corrected chi connectivity index (χ4v) is 1.73. The van der Waals surface area contributed by atoms with Crippen LogP contribution in [0.3, 0.4) is 0 Å². The van der Waals surface area contributed by atoms with Gasteiger partial charge in [-0.1, -0.05) is 25.5 Å². The predicted molar refractivity (Wildman–Crippen MR) is 85.3 cm³/mol. The number of carbonyl (C=O) groups is 1. The van der Waals surface area contributed by atoms with E-state index in [1.54, 1.807) is 0 Å². The van der Waals surface area contributed by atoms with Crippen LogP contribution >= 0.6 is 12.2 Å². The third kappa shape index (κ3) is 5.79. The molecule has 0 saturated heterocycles. The van der Waals surface area contributed by atoms with Crippen molar-refractivity contribution in [2.45, 2.75) is 33.1 Å². The molecule has 0 fully saturated rings. The van der Waals surface area contributed by atoms with Crippen molar-refractivity contribution in [1.82, 2.24) is 15.3 Å². The molecule has 0 aliphatic rings. The van der Waals surface area contributed by atoms with Gasteiger partial charge >= 0.3 is 0 Å². The van der Waals surface area contributed by atoms with Crippen LogP contribution in [0.25, 0.3) is 11.0 Å². The Bertz CT molecular complexity index is 546. The van der Waals surface area contributed by atoms with Crippen LogP contribution in [0.2, 0.25) is 0 Å². The molecule has 1 aromatic heterocycles. The van der Waals surface area contributed by atoms with Crippen LogP contribution in [0.1, 0.15) is 32.0 Å². The van der Waals surface area contributed by atoms with E-state index in [0.29, 0.717) is 6.42 Å². The number of amides is 1. The van der Waals surface area contributed by atoms with Crippen molar-refractivity contribution in [3.8, 4) is 0 Å². The van der Waals surface area contributed by atoms with E-state index in [9.17, 15) is 4.79 Å². The summed E-state index contributed by atoms with van der Waals surface area (Å²) in [6.45, 7) is 3.98. The van der Waals surface area contributed by atoms with E-state index < -0.39 is 0 Å². The second-order valence-corrected chi connectivity index (χ2v) is 4.80. The number of benzene rings is 1. The van der Waals surface area contributed by atoms with Crippen molar-refractivity contribution < 1.29 is 4.79 Å². The van der Waals surface area contributed by atoms with Gasteiger partial charge in [-0.25, -0.2) is 4.98 Å². The molecule has 20 heavy (non-hydrogen) atoms. The average Bonchev–Trinajstić information content (AvgIpc) is 2.76. The standard InChI is InChI=1S/C8H8N2.C6H12N2OS/c1-6-9-7-4-2-3-5-8(7)10-6;1-2-3-4-5(9)8-6(7)10/h2-5H,1H3,(H,9,10);2-4H2,1H3,(H3,7,8,9,10). The Morgan fingerprint density at radius 3 is 2.75 bits per heavy atom. The minimum atomic E-state index is -0.0886. The zero-order chi connectivity index (χ0) is 15.0. The summed E-state index contributed by atoms with van der Waals surface area (Å²) in [4.78, 5) is 18.1. The number of aromatic nitrogens is 2. The largest absolute Gasteiger partial charge is 0.376 e. The van der Waals surface area contributed by atoms with E-state index in [0.717, 1.165) is 29.7 Å². The maximum atomic E-state index is 10.7. The number of rotatable bonds is 3. The molecule has 1 heterocycles. The van der Waals surface area contributed by atoms with Crippen LogP contribution in [-0.2, 0) is 4.79 Å². The molecule has 6 heteroatoms. The highest BCUT2D eigenvalue weighted by Crippen LogP contribution is 2.08. The zero-order valence-corrected chi connectivity index (χ0v) is 12.6. The number of nitrogens with zero attached hydrogens (tertiary/aromatic N) is 1. The van der Waals surface area contributed by atoms with Crippen LogP contribution in [-0.4, -0.2) is 21.0 Å². The van der Waals surface area contributed by atoms with Crippen LogP contribution < -0.4 is 11.1 Å². The summed E-state index contributed by atoms with van der Waals surface area (Å²) in [7, 11) is 0. The monoisotopic (exact) mass is 292 g/mol. The lowest BCUT2D eigenvalue weighted by Gasteiger charge is -1.99. The third-order valence-corrected chi connectivity index (χ3v) is 2.63. The number of para-hydroxylation sites is 2. The molecular weight excluding hydrogens is 272 g/mol. The lowest BCUT2D eigenvalue weighted by atomic mass is 10.2. The van der Waals surface area contributed by atoms with E-state index in [2.05, 4.69) is 27.5 Å².